The Labute approximate surface area is 140 Å². The summed E-state index contributed by atoms with van der Waals surface area (Å²) in [7, 11) is 0. The van der Waals surface area contributed by atoms with Gasteiger partial charge in [0, 0.05) is 19.5 Å². The lowest BCUT2D eigenvalue weighted by Gasteiger charge is -2.09. The van der Waals surface area contributed by atoms with E-state index in [1.807, 2.05) is 19.1 Å². The van der Waals surface area contributed by atoms with Crippen LogP contribution >= 0.6 is 24.0 Å². The maximum Gasteiger partial charge on any atom is 0.248 e. The first-order valence-electron chi connectivity index (χ1n) is 6.61. The lowest BCUT2D eigenvalue weighted by Crippen LogP contribution is -2.38. The summed E-state index contributed by atoms with van der Waals surface area (Å²) in [6.07, 6.45) is 2.48. The van der Waals surface area contributed by atoms with E-state index >= 15 is 0 Å². The fourth-order valence-electron chi connectivity index (χ4n) is 1.65. The van der Waals surface area contributed by atoms with Crippen LogP contribution in [0.2, 0.25) is 0 Å². The third-order valence-electron chi connectivity index (χ3n) is 2.53. The highest BCUT2D eigenvalue weighted by Gasteiger charge is 2.03. The lowest BCUT2D eigenvalue weighted by molar-refractivity contribution is 0.376. The summed E-state index contributed by atoms with van der Waals surface area (Å²) in [5.41, 5.74) is 0. The van der Waals surface area contributed by atoms with Crippen LogP contribution in [0.5, 0.6) is 0 Å². The van der Waals surface area contributed by atoms with Gasteiger partial charge in [0.2, 0.25) is 5.89 Å². The topological polar surface area (TPSA) is 88.5 Å². The van der Waals surface area contributed by atoms with Crippen molar-refractivity contribution in [1.29, 1.82) is 0 Å². The van der Waals surface area contributed by atoms with Crippen LogP contribution in [-0.2, 0) is 13.0 Å². The lowest BCUT2D eigenvalue weighted by atomic mass is 10.3. The molecule has 7 nitrogen and oxygen atoms in total. The highest BCUT2D eigenvalue weighted by atomic mass is 127. The number of hydrogen-bond donors (Lipinski definition) is 2. The zero-order chi connectivity index (χ0) is 14.2. The number of rotatable bonds is 6. The smallest absolute Gasteiger partial charge is 0.248 e. The SMILES string of the molecule is CCNC(=NCc1nc(C)no1)NCCc1ccco1.I. The molecule has 0 unspecified atom stereocenters. The Balaban J connectivity index is 0.00000220. The van der Waals surface area contributed by atoms with Crippen molar-refractivity contribution in [3.63, 3.8) is 0 Å². The van der Waals surface area contributed by atoms with Gasteiger partial charge in [0.25, 0.3) is 0 Å². The van der Waals surface area contributed by atoms with Gasteiger partial charge in [-0.3, -0.25) is 0 Å². The van der Waals surface area contributed by atoms with Gasteiger partial charge < -0.3 is 19.6 Å². The zero-order valence-corrected chi connectivity index (χ0v) is 14.5. The zero-order valence-electron chi connectivity index (χ0n) is 12.1. The van der Waals surface area contributed by atoms with Crippen molar-refractivity contribution < 1.29 is 8.94 Å². The van der Waals surface area contributed by atoms with E-state index in [1.54, 1.807) is 13.2 Å². The summed E-state index contributed by atoms with van der Waals surface area (Å²) >= 11 is 0. The largest absolute Gasteiger partial charge is 0.469 e. The highest BCUT2D eigenvalue weighted by Crippen LogP contribution is 2.00. The van der Waals surface area contributed by atoms with Gasteiger partial charge in [-0.1, -0.05) is 5.16 Å². The summed E-state index contributed by atoms with van der Waals surface area (Å²) < 4.78 is 10.3. The molecule has 2 heterocycles. The summed E-state index contributed by atoms with van der Waals surface area (Å²) in [6, 6.07) is 3.83. The number of nitrogens with zero attached hydrogens (tertiary/aromatic N) is 3. The monoisotopic (exact) mass is 405 g/mol. The molecular weight excluding hydrogens is 385 g/mol. The van der Waals surface area contributed by atoms with Crippen molar-refractivity contribution in [2.45, 2.75) is 26.8 Å². The molecule has 0 radical (unpaired) electrons. The second-order valence-corrected chi connectivity index (χ2v) is 4.19. The Morgan fingerprint density at radius 3 is 2.86 bits per heavy atom. The van der Waals surface area contributed by atoms with E-state index in [0.29, 0.717) is 18.3 Å². The van der Waals surface area contributed by atoms with Crippen molar-refractivity contribution in [2.75, 3.05) is 13.1 Å². The van der Waals surface area contributed by atoms with Gasteiger partial charge in [-0.25, -0.2) is 4.99 Å². The second kappa shape index (κ2) is 9.37. The number of aryl methyl sites for hydroxylation is 1. The molecule has 2 rings (SSSR count). The molecule has 116 valence electrons. The first-order chi connectivity index (χ1) is 9.78. The van der Waals surface area contributed by atoms with Gasteiger partial charge in [-0.05, 0) is 26.0 Å². The molecule has 8 heteroatoms. The molecule has 0 atom stereocenters. The Morgan fingerprint density at radius 2 is 2.24 bits per heavy atom. The molecule has 0 saturated heterocycles. The number of aromatic nitrogens is 2. The summed E-state index contributed by atoms with van der Waals surface area (Å²) in [6.45, 7) is 5.68. The van der Waals surface area contributed by atoms with Gasteiger partial charge >= 0.3 is 0 Å². The first kappa shape index (κ1) is 17.5. The quantitative estimate of drug-likeness (QED) is 0.434. The number of furan rings is 1. The summed E-state index contributed by atoms with van der Waals surface area (Å²) in [5.74, 6) is 2.78. The normalized spacial score (nSPS) is 11.0. The second-order valence-electron chi connectivity index (χ2n) is 4.19. The average molecular weight is 405 g/mol. The molecule has 0 fully saturated rings. The molecule has 0 aliphatic heterocycles. The predicted octanol–water partition coefficient (Wildman–Crippen LogP) is 1.89. The van der Waals surface area contributed by atoms with E-state index in [4.69, 9.17) is 8.94 Å². The van der Waals surface area contributed by atoms with Crippen LogP contribution in [0.1, 0.15) is 24.4 Å². The van der Waals surface area contributed by atoms with Gasteiger partial charge in [-0.15, -0.1) is 24.0 Å². The van der Waals surface area contributed by atoms with Crippen LogP contribution in [0.15, 0.2) is 32.3 Å². The molecule has 0 spiro atoms. The van der Waals surface area contributed by atoms with E-state index < -0.39 is 0 Å². The molecule has 2 N–H and O–H groups in total. The Hall–Kier alpha value is -1.58. The Kier molecular flexibility index (Phi) is 7.80. The number of guanidine groups is 1. The average Bonchev–Trinajstić information content (AvgIpc) is 3.07. The third-order valence-corrected chi connectivity index (χ3v) is 2.53. The van der Waals surface area contributed by atoms with Gasteiger partial charge in [-0.2, -0.15) is 4.98 Å². The molecule has 0 amide bonds. The van der Waals surface area contributed by atoms with Crippen molar-refractivity contribution in [1.82, 2.24) is 20.8 Å². The van der Waals surface area contributed by atoms with Crippen LogP contribution in [-0.4, -0.2) is 29.2 Å². The number of halogens is 1. The fourth-order valence-corrected chi connectivity index (χ4v) is 1.65. The van der Waals surface area contributed by atoms with E-state index in [1.165, 1.54) is 0 Å². The number of nitrogens with one attached hydrogen (secondary N) is 2. The van der Waals surface area contributed by atoms with Gasteiger partial charge in [0.05, 0.1) is 6.26 Å². The molecule has 0 aromatic carbocycles. The molecule has 0 aliphatic carbocycles. The maximum atomic E-state index is 5.27. The molecule has 21 heavy (non-hydrogen) atoms. The van der Waals surface area contributed by atoms with Crippen LogP contribution in [0.25, 0.3) is 0 Å². The van der Waals surface area contributed by atoms with Crippen molar-refractivity contribution in [3.05, 3.63) is 35.9 Å². The summed E-state index contributed by atoms with van der Waals surface area (Å²) in [4.78, 5) is 8.49. The predicted molar refractivity (Wildman–Crippen MR) is 89.7 cm³/mol. The molecule has 0 aliphatic rings. The van der Waals surface area contributed by atoms with E-state index in [9.17, 15) is 0 Å². The number of aliphatic imine (C=N–C) groups is 1. The van der Waals surface area contributed by atoms with Gasteiger partial charge in [0.15, 0.2) is 11.8 Å². The molecular formula is C13H20IN5O2. The standard InChI is InChI=1S/C13H19N5O2.HI/c1-3-14-13(15-7-6-11-5-4-8-19-11)16-9-12-17-10(2)18-20-12;/h4-5,8H,3,6-7,9H2,1-2H3,(H2,14,15,16);1H. The molecule has 0 saturated carbocycles. The van der Waals surface area contributed by atoms with Crippen LogP contribution in [0.4, 0.5) is 0 Å². The minimum absolute atomic E-state index is 0. The Morgan fingerprint density at radius 1 is 1.38 bits per heavy atom. The number of hydrogen-bond acceptors (Lipinski definition) is 5. The first-order valence-corrected chi connectivity index (χ1v) is 6.61. The van der Waals surface area contributed by atoms with Crippen LogP contribution in [0, 0.1) is 6.92 Å². The third kappa shape index (κ3) is 6.15. The van der Waals surface area contributed by atoms with Gasteiger partial charge in [0.1, 0.15) is 12.3 Å². The van der Waals surface area contributed by atoms with Crippen molar-refractivity contribution >= 4 is 29.9 Å². The molecule has 0 bridgehead atoms. The highest BCUT2D eigenvalue weighted by molar-refractivity contribution is 14.0. The van der Waals surface area contributed by atoms with E-state index in [-0.39, 0.29) is 24.0 Å². The summed E-state index contributed by atoms with van der Waals surface area (Å²) in [5, 5.41) is 10.1. The Bertz CT molecular complexity index is 539. The van der Waals surface area contributed by atoms with Crippen LogP contribution in [0.3, 0.4) is 0 Å². The van der Waals surface area contributed by atoms with E-state index in [2.05, 4.69) is 25.8 Å². The fraction of sp³-hybridized carbons (Fsp3) is 0.462. The molecule has 2 aromatic rings. The minimum atomic E-state index is 0. The molecule has 2 aromatic heterocycles. The minimum Gasteiger partial charge on any atom is -0.469 e. The van der Waals surface area contributed by atoms with Crippen LogP contribution < -0.4 is 10.6 Å². The maximum absolute atomic E-state index is 5.27. The van der Waals surface area contributed by atoms with E-state index in [0.717, 1.165) is 31.2 Å². The van der Waals surface area contributed by atoms with Crippen molar-refractivity contribution in [2.24, 2.45) is 4.99 Å². The van der Waals surface area contributed by atoms with Crippen molar-refractivity contribution in [3.8, 4) is 0 Å².